The maximum Gasteiger partial charge on any atom is 0.243 e. The third-order valence-electron chi connectivity index (χ3n) is 4.05. The van der Waals surface area contributed by atoms with Crippen LogP contribution in [0.15, 0.2) is 23.1 Å². The number of nitrogens with zero attached hydrogens (tertiary/aromatic N) is 2. The fraction of sp³-hybridized carbons (Fsp3) is 0.600. The van der Waals surface area contributed by atoms with Gasteiger partial charge in [-0.25, -0.2) is 8.42 Å². The monoisotopic (exact) mass is 312 g/mol. The van der Waals surface area contributed by atoms with E-state index < -0.39 is 10.0 Å². The van der Waals surface area contributed by atoms with E-state index in [1.54, 1.807) is 29.6 Å². The molecule has 0 unspecified atom stereocenters. The number of hydrogen-bond donors (Lipinski definition) is 0. The van der Waals surface area contributed by atoms with Crippen LogP contribution in [-0.4, -0.2) is 57.5 Å². The zero-order valence-corrected chi connectivity index (χ0v) is 13.8. The minimum absolute atomic E-state index is 0.366. The molecule has 1 fully saturated rings. The van der Waals surface area contributed by atoms with Crippen molar-refractivity contribution in [3.8, 4) is 5.75 Å². The molecule has 1 heterocycles. The van der Waals surface area contributed by atoms with Gasteiger partial charge in [-0.15, -0.1) is 0 Å². The van der Waals surface area contributed by atoms with Gasteiger partial charge in [-0.2, -0.15) is 4.31 Å². The highest BCUT2D eigenvalue weighted by atomic mass is 32.2. The molecule has 1 saturated heterocycles. The van der Waals surface area contributed by atoms with Crippen molar-refractivity contribution in [1.82, 2.24) is 9.21 Å². The summed E-state index contributed by atoms with van der Waals surface area (Å²) in [4.78, 5) is 2.63. The van der Waals surface area contributed by atoms with E-state index in [-0.39, 0.29) is 0 Å². The van der Waals surface area contributed by atoms with Crippen LogP contribution in [-0.2, 0) is 16.4 Å². The smallest absolute Gasteiger partial charge is 0.243 e. The van der Waals surface area contributed by atoms with Crippen LogP contribution in [0.5, 0.6) is 5.75 Å². The summed E-state index contributed by atoms with van der Waals surface area (Å²) in [5, 5.41) is 0. The standard InChI is InChI=1S/C15H24N2O3S/c1-4-13-12-14(6-7-15(13)20-3)21(18,19)17-10-8-16(5-2)9-11-17/h6-7,12H,4-5,8-11H2,1-3H3. The van der Waals surface area contributed by atoms with Crippen LogP contribution in [0.1, 0.15) is 19.4 Å². The maximum absolute atomic E-state index is 12.7. The van der Waals surface area contributed by atoms with Gasteiger partial charge in [0.05, 0.1) is 12.0 Å². The van der Waals surface area contributed by atoms with Crippen LogP contribution >= 0.6 is 0 Å². The first-order valence-electron chi connectivity index (χ1n) is 7.42. The van der Waals surface area contributed by atoms with Gasteiger partial charge in [0.25, 0.3) is 0 Å². The van der Waals surface area contributed by atoms with Gasteiger partial charge in [0, 0.05) is 26.2 Å². The minimum Gasteiger partial charge on any atom is -0.496 e. The van der Waals surface area contributed by atoms with Crippen LogP contribution in [0.4, 0.5) is 0 Å². The highest BCUT2D eigenvalue weighted by Gasteiger charge is 2.28. The van der Waals surface area contributed by atoms with Crippen LogP contribution < -0.4 is 4.74 Å². The predicted octanol–water partition coefficient (Wildman–Crippen LogP) is 1.58. The number of ether oxygens (including phenoxy) is 1. The second-order valence-corrected chi connectivity index (χ2v) is 7.10. The second kappa shape index (κ2) is 6.77. The molecule has 1 aliphatic heterocycles. The fourth-order valence-corrected chi connectivity index (χ4v) is 4.10. The lowest BCUT2D eigenvalue weighted by atomic mass is 10.1. The van der Waals surface area contributed by atoms with Crippen molar-refractivity contribution in [3.63, 3.8) is 0 Å². The Bertz CT molecular complexity index is 579. The number of hydrogen-bond acceptors (Lipinski definition) is 4. The van der Waals surface area contributed by atoms with Gasteiger partial charge < -0.3 is 9.64 Å². The molecule has 1 aromatic carbocycles. The largest absolute Gasteiger partial charge is 0.496 e. The Labute approximate surface area is 127 Å². The lowest BCUT2D eigenvalue weighted by Crippen LogP contribution is -2.48. The summed E-state index contributed by atoms with van der Waals surface area (Å²) in [5.74, 6) is 0.743. The number of benzene rings is 1. The quantitative estimate of drug-likeness (QED) is 0.828. The predicted molar refractivity (Wildman–Crippen MR) is 83.2 cm³/mol. The van der Waals surface area contributed by atoms with E-state index in [1.807, 2.05) is 6.92 Å². The van der Waals surface area contributed by atoms with Crippen molar-refractivity contribution in [1.29, 1.82) is 0 Å². The molecule has 0 saturated carbocycles. The first-order chi connectivity index (χ1) is 10.0. The van der Waals surface area contributed by atoms with Gasteiger partial charge in [0.2, 0.25) is 10.0 Å². The number of aryl methyl sites for hydroxylation is 1. The molecule has 0 aliphatic carbocycles. The van der Waals surface area contributed by atoms with Gasteiger partial charge in [0.15, 0.2) is 0 Å². The Morgan fingerprint density at radius 3 is 2.33 bits per heavy atom. The molecule has 1 aliphatic rings. The molecule has 0 atom stereocenters. The third kappa shape index (κ3) is 3.39. The van der Waals surface area contributed by atoms with Crippen molar-refractivity contribution in [2.45, 2.75) is 25.2 Å². The molecule has 0 radical (unpaired) electrons. The lowest BCUT2D eigenvalue weighted by Gasteiger charge is -2.33. The van der Waals surface area contributed by atoms with Gasteiger partial charge in [-0.3, -0.25) is 0 Å². The molecule has 0 amide bonds. The van der Waals surface area contributed by atoms with E-state index in [0.717, 1.165) is 37.4 Å². The Kier molecular flexibility index (Phi) is 5.24. The summed E-state index contributed by atoms with van der Waals surface area (Å²) in [6, 6.07) is 5.12. The third-order valence-corrected chi connectivity index (χ3v) is 5.94. The summed E-state index contributed by atoms with van der Waals surface area (Å²) in [6.07, 6.45) is 0.746. The molecule has 2 rings (SSSR count). The average molecular weight is 312 g/mol. The Balaban J connectivity index is 2.24. The van der Waals surface area contributed by atoms with Crippen molar-refractivity contribution < 1.29 is 13.2 Å². The van der Waals surface area contributed by atoms with E-state index in [4.69, 9.17) is 4.74 Å². The molecule has 0 bridgehead atoms. The summed E-state index contributed by atoms with van der Waals surface area (Å²) in [5.41, 5.74) is 0.922. The molecule has 0 aromatic heterocycles. The number of sulfonamides is 1. The van der Waals surface area contributed by atoms with Crippen molar-refractivity contribution in [2.75, 3.05) is 39.8 Å². The van der Waals surface area contributed by atoms with E-state index in [1.165, 1.54) is 0 Å². The lowest BCUT2D eigenvalue weighted by molar-refractivity contribution is 0.196. The molecule has 118 valence electrons. The first kappa shape index (κ1) is 16.3. The average Bonchev–Trinajstić information content (AvgIpc) is 2.54. The van der Waals surface area contributed by atoms with E-state index >= 15 is 0 Å². The molecule has 21 heavy (non-hydrogen) atoms. The van der Waals surface area contributed by atoms with Crippen molar-refractivity contribution in [2.24, 2.45) is 0 Å². The highest BCUT2D eigenvalue weighted by molar-refractivity contribution is 7.89. The molecular weight excluding hydrogens is 288 g/mol. The Morgan fingerprint density at radius 1 is 1.14 bits per heavy atom. The summed E-state index contributed by atoms with van der Waals surface area (Å²) < 4.78 is 32.3. The van der Waals surface area contributed by atoms with Gasteiger partial charge >= 0.3 is 0 Å². The molecule has 1 aromatic rings. The number of piperazine rings is 1. The molecular formula is C15H24N2O3S. The molecule has 0 N–H and O–H groups in total. The second-order valence-electron chi connectivity index (χ2n) is 5.17. The first-order valence-corrected chi connectivity index (χ1v) is 8.86. The Morgan fingerprint density at radius 2 is 1.81 bits per heavy atom. The topological polar surface area (TPSA) is 49.9 Å². The highest BCUT2D eigenvalue weighted by Crippen LogP contribution is 2.25. The van der Waals surface area contributed by atoms with E-state index in [9.17, 15) is 8.42 Å². The zero-order valence-electron chi connectivity index (χ0n) is 13.0. The normalized spacial score (nSPS) is 17.9. The molecule has 0 spiro atoms. The van der Waals surface area contributed by atoms with Crippen molar-refractivity contribution >= 4 is 10.0 Å². The van der Waals surface area contributed by atoms with E-state index in [0.29, 0.717) is 18.0 Å². The summed E-state index contributed by atoms with van der Waals surface area (Å²) in [6.45, 7) is 7.78. The van der Waals surface area contributed by atoms with Crippen molar-refractivity contribution in [3.05, 3.63) is 23.8 Å². The number of methoxy groups -OCH3 is 1. The maximum atomic E-state index is 12.7. The zero-order chi connectivity index (χ0) is 15.5. The number of likely N-dealkylation sites (N-methyl/N-ethyl adjacent to an activating group) is 1. The van der Waals surface area contributed by atoms with Gasteiger partial charge in [-0.05, 0) is 36.7 Å². The number of rotatable bonds is 5. The SMILES string of the molecule is CCc1cc(S(=O)(=O)N2CCN(CC)CC2)ccc1OC. The van der Waals surface area contributed by atoms with Crippen LogP contribution in [0, 0.1) is 0 Å². The van der Waals surface area contributed by atoms with Crippen LogP contribution in [0.3, 0.4) is 0 Å². The van der Waals surface area contributed by atoms with Gasteiger partial charge in [-0.1, -0.05) is 13.8 Å². The fourth-order valence-electron chi connectivity index (χ4n) is 2.63. The molecule has 5 nitrogen and oxygen atoms in total. The molecule has 6 heteroatoms. The van der Waals surface area contributed by atoms with Gasteiger partial charge in [0.1, 0.15) is 5.75 Å². The summed E-state index contributed by atoms with van der Waals surface area (Å²) in [7, 11) is -1.80. The van der Waals surface area contributed by atoms with Crippen LogP contribution in [0.2, 0.25) is 0 Å². The summed E-state index contributed by atoms with van der Waals surface area (Å²) >= 11 is 0. The van der Waals surface area contributed by atoms with E-state index in [2.05, 4.69) is 11.8 Å². The Hall–Kier alpha value is -1.11. The minimum atomic E-state index is -3.40. The van der Waals surface area contributed by atoms with Crippen LogP contribution in [0.25, 0.3) is 0 Å².